The van der Waals surface area contributed by atoms with E-state index in [-0.39, 0.29) is 6.54 Å². The Bertz CT molecular complexity index is 696. The van der Waals surface area contributed by atoms with Crippen molar-refractivity contribution >= 4 is 17.3 Å². The molecule has 0 aliphatic heterocycles. The van der Waals surface area contributed by atoms with Gasteiger partial charge in [-0.15, -0.1) is 11.3 Å². The van der Waals surface area contributed by atoms with Crippen LogP contribution in [0.2, 0.25) is 0 Å². The van der Waals surface area contributed by atoms with Crippen molar-refractivity contribution in [3.05, 3.63) is 40.6 Å². The molecule has 0 amide bonds. The molecule has 2 N–H and O–H groups in total. The molecule has 2 aromatic rings. The van der Waals surface area contributed by atoms with Crippen LogP contribution in [0.25, 0.3) is 11.1 Å². The van der Waals surface area contributed by atoms with Crippen LogP contribution in [0.3, 0.4) is 0 Å². The van der Waals surface area contributed by atoms with Crippen molar-refractivity contribution in [3.63, 3.8) is 0 Å². The van der Waals surface area contributed by atoms with Crippen LogP contribution in [-0.4, -0.2) is 32.8 Å². The van der Waals surface area contributed by atoms with Gasteiger partial charge in [-0.25, -0.2) is 0 Å². The summed E-state index contributed by atoms with van der Waals surface area (Å²) in [7, 11) is 3.15. The number of methoxy groups -OCH3 is 1. The molecule has 8 heteroatoms. The zero-order valence-corrected chi connectivity index (χ0v) is 14.8. The summed E-state index contributed by atoms with van der Waals surface area (Å²) < 4.78 is 41.6. The molecule has 0 fully saturated rings. The predicted molar refractivity (Wildman–Crippen MR) is 95.2 cm³/mol. The van der Waals surface area contributed by atoms with Crippen LogP contribution in [0.5, 0.6) is 5.75 Å². The lowest BCUT2D eigenvalue weighted by atomic mass is 10.1. The Balaban J connectivity index is 1.87. The number of ether oxygens (including phenoxy) is 1. The number of nitrogens with zero attached hydrogens (tertiary/aromatic N) is 1. The highest BCUT2D eigenvalue weighted by molar-refractivity contribution is 7.10. The van der Waals surface area contributed by atoms with E-state index in [0.29, 0.717) is 12.5 Å². The van der Waals surface area contributed by atoms with Gasteiger partial charge in [-0.05, 0) is 34.7 Å². The average molecular weight is 371 g/mol. The van der Waals surface area contributed by atoms with Gasteiger partial charge in [0.05, 0.1) is 20.1 Å². The molecule has 0 saturated heterocycles. The standard InChI is InChI=1S/C17H20F3N3OS/c1-21-16(22-8-7-17(18,19)20)23-10-15-9-13(11-25-15)12-3-5-14(24-2)6-4-12/h3-6,9,11H,7-8,10H2,1-2H3,(H2,21,22,23). The first kappa shape index (κ1) is 19.1. The third-order valence-electron chi connectivity index (χ3n) is 3.43. The van der Waals surface area contributed by atoms with Gasteiger partial charge >= 0.3 is 6.18 Å². The largest absolute Gasteiger partial charge is 0.497 e. The van der Waals surface area contributed by atoms with E-state index in [0.717, 1.165) is 21.8 Å². The van der Waals surface area contributed by atoms with E-state index in [1.807, 2.05) is 35.7 Å². The van der Waals surface area contributed by atoms with Gasteiger partial charge in [-0.3, -0.25) is 4.99 Å². The highest BCUT2D eigenvalue weighted by atomic mass is 32.1. The number of alkyl halides is 3. The first-order valence-corrected chi connectivity index (χ1v) is 8.52. The monoisotopic (exact) mass is 371 g/mol. The number of benzene rings is 1. The molecule has 136 valence electrons. The van der Waals surface area contributed by atoms with Gasteiger partial charge in [0, 0.05) is 18.5 Å². The number of rotatable bonds is 6. The summed E-state index contributed by atoms with van der Waals surface area (Å²) in [6.07, 6.45) is -5.07. The third-order valence-corrected chi connectivity index (χ3v) is 4.37. The molecule has 0 saturated carbocycles. The number of halogens is 3. The second kappa shape index (κ2) is 8.75. The maximum absolute atomic E-state index is 12.2. The van der Waals surface area contributed by atoms with Gasteiger partial charge in [0.1, 0.15) is 5.75 Å². The SMILES string of the molecule is CN=C(NCCC(F)(F)F)NCc1cc(-c2ccc(OC)cc2)cs1. The van der Waals surface area contributed by atoms with Crippen molar-refractivity contribution in [1.82, 2.24) is 10.6 Å². The smallest absolute Gasteiger partial charge is 0.390 e. The molecule has 1 heterocycles. The van der Waals surface area contributed by atoms with Crippen LogP contribution in [0.4, 0.5) is 13.2 Å². The Morgan fingerprint density at radius 3 is 2.48 bits per heavy atom. The molecule has 0 radical (unpaired) electrons. The quantitative estimate of drug-likeness (QED) is 0.595. The topological polar surface area (TPSA) is 45.7 Å². The second-order valence-electron chi connectivity index (χ2n) is 5.25. The van der Waals surface area contributed by atoms with Gasteiger partial charge in [0.25, 0.3) is 0 Å². The maximum Gasteiger partial charge on any atom is 0.390 e. The van der Waals surface area contributed by atoms with Crippen LogP contribution in [-0.2, 0) is 6.54 Å². The molecule has 1 aromatic heterocycles. The third kappa shape index (κ3) is 6.30. The lowest BCUT2D eigenvalue weighted by Crippen LogP contribution is -2.38. The molecular formula is C17H20F3N3OS. The summed E-state index contributed by atoms with van der Waals surface area (Å²) in [5.41, 5.74) is 2.17. The van der Waals surface area contributed by atoms with Crippen molar-refractivity contribution in [2.75, 3.05) is 20.7 Å². The molecule has 0 atom stereocenters. The molecule has 0 aliphatic carbocycles. The van der Waals surface area contributed by atoms with Gasteiger partial charge in [-0.1, -0.05) is 12.1 Å². The number of aliphatic imine (C=N–C) groups is 1. The molecule has 1 aromatic carbocycles. The number of guanidine groups is 1. The first-order valence-electron chi connectivity index (χ1n) is 7.64. The van der Waals surface area contributed by atoms with E-state index in [4.69, 9.17) is 4.74 Å². The number of thiophene rings is 1. The van der Waals surface area contributed by atoms with E-state index in [9.17, 15) is 13.2 Å². The normalized spacial score (nSPS) is 12.1. The Labute approximate surface area is 148 Å². The minimum atomic E-state index is -4.17. The summed E-state index contributed by atoms with van der Waals surface area (Å²) in [6, 6.07) is 9.81. The highest BCUT2D eigenvalue weighted by Crippen LogP contribution is 2.27. The fourth-order valence-corrected chi connectivity index (χ4v) is 2.96. The summed E-state index contributed by atoms with van der Waals surface area (Å²) in [5, 5.41) is 7.71. The number of nitrogens with one attached hydrogen (secondary N) is 2. The van der Waals surface area contributed by atoms with E-state index >= 15 is 0 Å². The van der Waals surface area contributed by atoms with Crippen LogP contribution in [0.1, 0.15) is 11.3 Å². The maximum atomic E-state index is 12.2. The van der Waals surface area contributed by atoms with E-state index in [2.05, 4.69) is 15.6 Å². The summed E-state index contributed by atoms with van der Waals surface area (Å²) in [5.74, 6) is 1.15. The minimum Gasteiger partial charge on any atom is -0.497 e. The molecular weight excluding hydrogens is 351 g/mol. The highest BCUT2D eigenvalue weighted by Gasteiger charge is 2.26. The van der Waals surface area contributed by atoms with Crippen LogP contribution in [0, 0.1) is 0 Å². The molecule has 4 nitrogen and oxygen atoms in total. The van der Waals surface area contributed by atoms with Gasteiger partial charge in [-0.2, -0.15) is 13.2 Å². The van der Waals surface area contributed by atoms with Crippen molar-refractivity contribution in [1.29, 1.82) is 0 Å². The molecule has 0 bridgehead atoms. The second-order valence-corrected chi connectivity index (χ2v) is 6.24. The first-order chi connectivity index (χ1) is 11.9. The van der Waals surface area contributed by atoms with Crippen molar-refractivity contribution in [2.45, 2.75) is 19.1 Å². The van der Waals surface area contributed by atoms with Gasteiger partial charge in [0.2, 0.25) is 0 Å². The Hall–Kier alpha value is -2.22. The molecule has 25 heavy (non-hydrogen) atoms. The van der Waals surface area contributed by atoms with Gasteiger partial charge < -0.3 is 15.4 Å². The predicted octanol–water partition coefficient (Wildman–Crippen LogP) is 4.04. The zero-order valence-electron chi connectivity index (χ0n) is 14.0. The fourth-order valence-electron chi connectivity index (χ4n) is 2.12. The van der Waals surface area contributed by atoms with E-state index < -0.39 is 12.6 Å². The zero-order chi connectivity index (χ0) is 18.3. The molecule has 0 unspecified atom stereocenters. The Morgan fingerprint density at radius 2 is 1.88 bits per heavy atom. The number of hydrogen-bond donors (Lipinski definition) is 2. The van der Waals surface area contributed by atoms with E-state index in [1.54, 1.807) is 18.4 Å². The Morgan fingerprint density at radius 1 is 1.16 bits per heavy atom. The molecule has 0 aliphatic rings. The lowest BCUT2D eigenvalue weighted by Gasteiger charge is -2.12. The molecule has 0 spiro atoms. The summed E-state index contributed by atoms with van der Waals surface area (Å²) >= 11 is 1.58. The Kier molecular flexibility index (Phi) is 6.69. The minimum absolute atomic E-state index is 0.204. The average Bonchev–Trinajstić information content (AvgIpc) is 3.06. The lowest BCUT2D eigenvalue weighted by molar-refractivity contribution is -0.132. The summed E-state index contributed by atoms with van der Waals surface area (Å²) in [6.45, 7) is 0.289. The van der Waals surface area contributed by atoms with Crippen molar-refractivity contribution in [2.24, 2.45) is 4.99 Å². The van der Waals surface area contributed by atoms with Crippen molar-refractivity contribution < 1.29 is 17.9 Å². The number of hydrogen-bond acceptors (Lipinski definition) is 3. The van der Waals surface area contributed by atoms with Gasteiger partial charge in [0.15, 0.2) is 5.96 Å². The summed E-state index contributed by atoms with van der Waals surface area (Å²) in [4.78, 5) is 4.98. The fraction of sp³-hybridized carbons (Fsp3) is 0.353. The van der Waals surface area contributed by atoms with Crippen LogP contribution < -0.4 is 15.4 Å². The van der Waals surface area contributed by atoms with E-state index in [1.165, 1.54) is 7.05 Å². The van der Waals surface area contributed by atoms with Crippen LogP contribution in [0.15, 0.2) is 40.7 Å². The molecule has 2 rings (SSSR count). The van der Waals surface area contributed by atoms with Crippen molar-refractivity contribution in [3.8, 4) is 16.9 Å². The van der Waals surface area contributed by atoms with Crippen LogP contribution >= 0.6 is 11.3 Å².